The van der Waals surface area contributed by atoms with Gasteiger partial charge in [-0.15, -0.1) is 5.75 Å². The van der Waals surface area contributed by atoms with Crippen molar-refractivity contribution in [2.75, 3.05) is 45.8 Å². The molecule has 0 aromatic heterocycles. The first-order valence-electron chi connectivity index (χ1n) is 8.05. The van der Waals surface area contributed by atoms with Crippen LogP contribution < -0.4 is 5.11 Å². The highest BCUT2D eigenvalue weighted by atomic mass is 16.3. The minimum absolute atomic E-state index is 0.0396. The van der Waals surface area contributed by atoms with Crippen molar-refractivity contribution in [3.05, 3.63) is 29.8 Å². The number of quaternary nitrogens is 1. The minimum atomic E-state index is -0.0396. The van der Waals surface area contributed by atoms with Gasteiger partial charge in [0.15, 0.2) is 5.78 Å². The van der Waals surface area contributed by atoms with Crippen LogP contribution in [0.15, 0.2) is 24.3 Å². The average Bonchev–Trinajstić information content (AvgIpc) is 2.95. The van der Waals surface area contributed by atoms with Crippen molar-refractivity contribution in [2.45, 2.75) is 19.3 Å². The van der Waals surface area contributed by atoms with Gasteiger partial charge in [0.2, 0.25) is 0 Å². The van der Waals surface area contributed by atoms with Crippen LogP contribution >= 0.6 is 0 Å². The quantitative estimate of drug-likeness (QED) is 0.619. The molecule has 0 unspecified atom stereocenters. The SMILES string of the molecule is O=C(CCN1CC[N+]2(CCCC2)CC1)c1ccc([O-])cc1. The van der Waals surface area contributed by atoms with Crippen molar-refractivity contribution in [1.82, 2.24) is 4.90 Å². The number of nitrogens with zero attached hydrogens (tertiary/aromatic N) is 2. The van der Waals surface area contributed by atoms with Crippen LogP contribution in [-0.2, 0) is 0 Å². The molecule has 1 aromatic carbocycles. The van der Waals surface area contributed by atoms with Crippen LogP contribution in [0.4, 0.5) is 0 Å². The Morgan fingerprint density at radius 3 is 2.29 bits per heavy atom. The summed E-state index contributed by atoms with van der Waals surface area (Å²) in [6.45, 7) is 8.29. The summed E-state index contributed by atoms with van der Waals surface area (Å²) < 4.78 is 1.31. The van der Waals surface area contributed by atoms with E-state index < -0.39 is 0 Å². The Bertz CT molecular complexity index is 482. The predicted molar refractivity (Wildman–Crippen MR) is 80.2 cm³/mol. The molecule has 2 saturated heterocycles. The average molecular weight is 288 g/mol. The predicted octanol–water partition coefficient (Wildman–Crippen LogP) is 1.26. The van der Waals surface area contributed by atoms with Crippen molar-refractivity contribution >= 4 is 5.78 Å². The Kier molecular flexibility index (Phi) is 4.27. The minimum Gasteiger partial charge on any atom is -0.872 e. The zero-order valence-corrected chi connectivity index (χ0v) is 12.6. The number of carbonyl (C=O) groups is 1. The molecule has 0 saturated carbocycles. The van der Waals surface area contributed by atoms with E-state index in [4.69, 9.17) is 0 Å². The van der Waals surface area contributed by atoms with E-state index in [2.05, 4.69) is 4.90 Å². The maximum absolute atomic E-state index is 12.1. The highest BCUT2D eigenvalue weighted by Gasteiger charge is 2.35. The van der Waals surface area contributed by atoms with Gasteiger partial charge in [0.1, 0.15) is 0 Å². The molecule has 2 heterocycles. The van der Waals surface area contributed by atoms with E-state index in [0.717, 1.165) is 19.6 Å². The van der Waals surface area contributed by atoms with Gasteiger partial charge in [-0.1, -0.05) is 24.3 Å². The number of Topliss-reactive ketones (excluding diaryl/α,β-unsaturated/α-hetero) is 1. The van der Waals surface area contributed by atoms with Crippen molar-refractivity contribution < 1.29 is 14.4 Å². The molecule has 0 radical (unpaired) electrons. The van der Waals surface area contributed by atoms with Gasteiger partial charge >= 0.3 is 0 Å². The fraction of sp³-hybridized carbons (Fsp3) is 0.588. The van der Waals surface area contributed by atoms with Gasteiger partial charge in [-0.3, -0.25) is 9.69 Å². The lowest BCUT2D eigenvalue weighted by Crippen LogP contribution is -2.58. The first-order valence-corrected chi connectivity index (χ1v) is 8.05. The summed E-state index contributed by atoms with van der Waals surface area (Å²) in [6.07, 6.45) is 3.32. The molecule has 4 nitrogen and oxygen atoms in total. The maximum atomic E-state index is 12.1. The summed E-state index contributed by atoms with van der Waals surface area (Å²) >= 11 is 0. The highest BCUT2D eigenvalue weighted by molar-refractivity contribution is 5.96. The van der Waals surface area contributed by atoms with Crippen molar-refractivity contribution in [2.24, 2.45) is 0 Å². The summed E-state index contributed by atoms with van der Waals surface area (Å²) in [6, 6.07) is 6.22. The largest absolute Gasteiger partial charge is 0.872 e. The molecule has 2 aliphatic heterocycles. The van der Waals surface area contributed by atoms with Gasteiger partial charge in [-0.05, 0) is 0 Å². The summed E-state index contributed by atoms with van der Waals surface area (Å²) in [4.78, 5) is 14.5. The van der Waals surface area contributed by atoms with Gasteiger partial charge in [0.05, 0.1) is 26.2 Å². The van der Waals surface area contributed by atoms with Crippen LogP contribution in [0, 0.1) is 0 Å². The molecule has 0 aliphatic carbocycles. The van der Waals surface area contributed by atoms with E-state index in [-0.39, 0.29) is 11.5 Å². The van der Waals surface area contributed by atoms with E-state index in [1.165, 1.54) is 55.6 Å². The highest BCUT2D eigenvalue weighted by Crippen LogP contribution is 2.22. The van der Waals surface area contributed by atoms with Crippen LogP contribution in [-0.4, -0.2) is 61.0 Å². The Morgan fingerprint density at radius 1 is 1.05 bits per heavy atom. The molecule has 2 fully saturated rings. The molecular formula is C17H24N2O2. The smallest absolute Gasteiger partial charge is 0.164 e. The second kappa shape index (κ2) is 6.16. The first-order chi connectivity index (χ1) is 10.2. The molecule has 21 heavy (non-hydrogen) atoms. The first kappa shape index (κ1) is 14.5. The molecule has 0 amide bonds. The molecule has 0 atom stereocenters. The third-order valence-corrected chi connectivity index (χ3v) is 5.13. The number of piperazine rings is 1. The van der Waals surface area contributed by atoms with Crippen LogP contribution in [0.1, 0.15) is 29.6 Å². The topological polar surface area (TPSA) is 43.4 Å². The molecule has 0 bridgehead atoms. The summed E-state index contributed by atoms with van der Waals surface area (Å²) in [5.74, 6) is 0.104. The van der Waals surface area contributed by atoms with Crippen LogP contribution in [0.2, 0.25) is 0 Å². The van der Waals surface area contributed by atoms with E-state index in [9.17, 15) is 9.90 Å². The third kappa shape index (κ3) is 3.44. The number of ketones is 1. The van der Waals surface area contributed by atoms with E-state index in [1.54, 1.807) is 12.1 Å². The van der Waals surface area contributed by atoms with E-state index in [1.807, 2.05) is 0 Å². The standard InChI is InChI=1S/C17H24N2O2/c20-16-5-3-15(4-6-16)17(21)7-8-18-9-13-19(14-10-18)11-1-2-12-19/h3-6H,1-2,7-14H2. The zero-order chi connectivity index (χ0) is 14.7. The van der Waals surface area contributed by atoms with Gasteiger partial charge in [0.25, 0.3) is 0 Å². The Hall–Kier alpha value is -1.39. The van der Waals surface area contributed by atoms with Gasteiger partial charge in [-0.25, -0.2) is 0 Å². The van der Waals surface area contributed by atoms with Crippen LogP contribution in [0.25, 0.3) is 0 Å². The van der Waals surface area contributed by atoms with Crippen molar-refractivity contribution in [1.29, 1.82) is 0 Å². The molecular weight excluding hydrogens is 264 g/mol. The van der Waals surface area contributed by atoms with Crippen LogP contribution in [0.3, 0.4) is 0 Å². The van der Waals surface area contributed by atoms with Crippen molar-refractivity contribution in [3.8, 4) is 5.75 Å². The number of carbonyl (C=O) groups excluding carboxylic acids is 1. The molecule has 4 heteroatoms. The lowest BCUT2D eigenvalue weighted by atomic mass is 10.1. The lowest BCUT2D eigenvalue weighted by Gasteiger charge is -2.42. The number of benzene rings is 1. The maximum Gasteiger partial charge on any atom is 0.164 e. The fourth-order valence-electron chi connectivity index (χ4n) is 3.65. The van der Waals surface area contributed by atoms with E-state index in [0.29, 0.717) is 12.0 Å². The third-order valence-electron chi connectivity index (χ3n) is 5.13. The summed E-state index contributed by atoms with van der Waals surface area (Å²) in [7, 11) is 0. The molecule has 1 aromatic rings. The Labute approximate surface area is 126 Å². The molecule has 2 aliphatic rings. The monoisotopic (exact) mass is 288 g/mol. The molecule has 1 spiro atoms. The lowest BCUT2D eigenvalue weighted by molar-refractivity contribution is -0.920. The Balaban J connectivity index is 1.45. The Morgan fingerprint density at radius 2 is 1.67 bits per heavy atom. The normalized spacial score (nSPS) is 21.7. The summed E-state index contributed by atoms with van der Waals surface area (Å²) in [5, 5.41) is 11.1. The molecule has 114 valence electrons. The van der Waals surface area contributed by atoms with Gasteiger partial charge in [0, 0.05) is 44.5 Å². The second-order valence-electron chi connectivity index (χ2n) is 6.48. The number of rotatable bonds is 4. The van der Waals surface area contributed by atoms with Gasteiger partial charge in [-0.2, -0.15) is 0 Å². The fourth-order valence-corrected chi connectivity index (χ4v) is 3.65. The molecule has 3 rings (SSSR count). The van der Waals surface area contributed by atoms with Crippen molar-refractivity contribution in [3.63, 3.8) is 0 Å². The molecule has 0 N–H and O–H groups in total. The number of hydrogen-bond acceptors (Lipinski definition) is 3. The zero-order valence-electron chi connectivity index (χ0n) is 12.6. The van der Waals surface area contributed by atoms with E-state index >= 15 is 0 Å². The second-order valence-corrected chi connectivity index (χ2v) is 6.48. The number of hydrogen-bond donors (Lipinski definition) is 0. The van der Waals surface area contributed by atoms with Crippen LogP contribution in [0.5, 0.6) is 5.75 Å². The summed E-state index contributed by atoms with van der Waals surface area (Å²) in [5.41, 5.74) is 0.662. The van der Waals surface area contributed by atoms with Gasteiger partial charge < -0.3 is 9.59 Å².